The number of benzene rings is 3. The normalized spacial score (nSPS) is 10.6. The third-order valence-corrected chi connectivity index (χ3v) is 4.67. The van der Waals surface area contributed by atoms with E-state index in [4.69, 9.17) is 0 Å². The molecule has 0 saturated carbocycles. The smallest absolute Gasteiger partial charge is 0.234 e. The van der Waals surface area contributed by atoms with Gasteiger partial charge in [-0.25, -0.2) is 8.78 Å². The lowest BCUT2D eigenvalue weighted by Crippen LogP contribution is -2.19. The fourth-order valence-electron chi connectivity index (χ4n) is 2.53. The van der Waals surface area contributed by atoms with Crippen molar-refractivity contribution >= 4 is 45.7 Å². The fourth-order valence-corrected chi connectivity index (χ4v) is 3.15. The Labute approximate surface area is 159 Å². The van der Waals surface area contributed by atoms with Crippen LogP contribution in [0.25, 0.3) is 10.8 Å². The molecule has 0 saturated heterocycles. The van der Waals surface area contributed by atoms with E-state index in [0.29, 0.717) is 11.8 Å². The van der Waals surface area contributed by atoms with Gasteiger partial charge in [0.15, 0.2) is 0 Å². The number of halogens is 2. The Bertz CT molecular complexity index is 989. The van der Waals surface area contributed by atoms with Gasteiger partial charge in [-0.3, -0.25) is 9.59 Å². The minimum absolute atomic E-state index is 0.0280. The molecule has 0 aliphatic carbocycles. The lowest BCUT2D eigenvalue weighted by molar-refractivity contribution is -0.114. The summed E-state index contributed by atoms with van der Waals surface area (Å²) in [5, 5.41) is 7.13. The van der Waals surface area contributed by atoms with Gasteiger partial charge >= 0.3 is 0 Å². The van der Waals surface area contributed by atoms with Crippen LogP contribution in [0.1, 0.15) is 0 Å². The molecular formula is C20H16F2N2O2S. The van der Waals surface area contributed by atoms with Crippen molar-refractivity contribution in [2.45, 2.75) is 0 Å². The van der Waals surface area contributed by atoms with Gasteiger partial charge in [-0.2, -0.15) is 0 Å². The summed E-state index contributed by atoms with van der Waals surface area (Å²) in [6.07, 6.45) is 0. The summed E-state index contributed by atoms with van der Waals surface area (Å²) in [7, 11) is 0. The summed E-state index contributed by atoms with van der Waals surface area (Å²) in [6.45, 7) is 0. The molecule has 0 aromatic heterocycles. The molecule has 3 aromatic rings. The van der Waals surface area contributed by atoms with E-state index in [1.807, 2.05) is 42.5 Å². The number of rotatable bonds is 6. The van der Waals surface area contributed by atoms with Crippen LogP contribution in [0.2, 0.25) is 0 Å². The van der Waals surface area contributed by atoms with Gasteiger partial charge in [-0.05, 0) is 23.6 Å². The number of anilines is 2. The molecule has 0 fully saturated rings. The highest BCUT2D eigenvalue weighted by Gasteiger charge is 2.10. The Balaban J connectivity index is 1.50. The molecule has 2 amide bonds. The first-order valence-corrected chi connectivity index (χ1v) is 9.28. The molecule has 0 spiro atoms. The summed E-state index contributed by atoms with van der Waals surface area (Å²) < 4.78 is 26.4. The number of carbonyl (C=O) groups is 2. The van der Waals surface area contributed by atoms with Crippen LogP contribution >= 0.6 is 11.8 Å². The minimum Gasteiger partial charge on any atom is -0.325 e. The van der Waals surface area contributed by atoms with Crippen molar-refractivity contribution < 1.29 is 18.4 Å². The van der Waals surface area contributed by atoms with E-state index in [0.717, 1.165) is 34.7 Å². The van der Waals surface area contributed by atoms with Crippen molar-refractivity contribution in [3.8, 4) is 0 Å². The van der Waals surface area contributed by atoms with E-state index in [9.17, 15) is 18.4 Å². The molecule has 138 valence electrons. The van der Waals surface area contributed by atoms with Crippen LogP contribution in [-0.4, -0.2) is 23.3 Å². The third kappa shape index (κ3) is 5.04. The molecule has 3 rings (SSSR count). The average molecular weight is 386 g/mol. The topological polar surface area (TPSA) is 58.2 Å². The number of hydrogen-bond acceptors (Lipinski definition) is 3. The van der Waals surface area contributed by atoms with Gasteiger partial charge in [0.25, 0.3) is 0 Å². The van der Waals surface area contributed by atoms with Crippen LogP contribution in [0.15, 0.2) is 60.7 Å². The molecule has 7 heteroatoms. The van der Waals surface area contributed by atoms with Crippen LogP contribution in [0, 0.1) is 11.6 Å². The Kier molecular flexibility index (Phi) is 6.03. The van der Waals surface area contributed by atoms with Gasteiger partial charge in [0, 0.05) is 17.1 Å². The monoisotopic (exact) mass is 386 g/mol. The molecule has 4 nitrogen and oxygen atoms in total. The first-order valence-electron chi connectivity index (χ1n) is 8.13. The maximum Gasteiger partial charge on any atom is 0.234 e. The zero-order valence-electron chi connectivity index (χ0n) is 14.2. The molecule has 0 aliphatic heterocycles. The van der Waals surface area contributed by atoms with Crippen molar-refractivity contribution in [2.75, 3.05) is 22.1 Å². The maximum absolute atomic E-state index is 13.5. The molecule has 2 N–H and O–H groups in total. The molecule has 0 aliphatic rings. The van der Waals surface area contributed by atoms with Crippen LogP contribution < -0.4 is 10.6 Å². The van der Waals surface area contributed by atoms with Gasteiger partial charge in [0.1, 0.15) is 11.6 Å². The molecular weight excluding hydrogens is 370 g/mol. The first-order chi connectivity index (χ1) is 13.0. The molecule has 0 atom stereocenters. The Morgan fingerprint density at radius 1 is 0.815 bits per heavy atom. The van der Waals surface area contributed by atoms with Crippen LogP contribution in [0.3, 0.4) is 0 Å². The quantitative estimate of drug-likeness (QED) is 0.659. The maximum atomic E-state index is 13.5. The Morgan fingerprint density at radius 2 is 1.48 bits per heavy atom. The predicted molar refractivity (Wildman–Crippen MR) is 105 cm³/mol. The fraction of sp³-hybridized carbons (Fsp3) is 0.100. The second-order valence-corrected chi connectivity index (χ2v) is 6.73. The molecule has 0 bridgehead atoms. The number of fused-ring (bicyclic) bond motifs is 1. The third-order valence-electron chi connectivity index (χ3n) is 3.74. The lowest BCUT2D eigenvalue weighted by atomic mass is 10.1. The molecule has 0 heterocycles. The van der Waals surface area contributed by atoms with Crippen molar-refractivity contribution in [1.82, 2.24) is 0 Å². The van der Waals surface area contributed by atoms with Gasteiger partial charge in [-0.15, -0.1) is 11.8 Å². The second-order valence-electron chi connectivity index (χ2n) is 5.74. The van der Waals surface area contributed by atoms with Crippen LogP contribution in [0.5, 0.6) is 0 Å². The van der Waals surface area contributed by atoms with Gasteiger partial charge < -0.3 is 10.6 Å². The first kappa shape index (κ1) is 18.8. The highest BCUT2D eigenvalue weighted by molar-refractivity contribution is 8.00. The zero-order valence-corrected chi connectivity index (χ0v) is 15.0. The molecule has 0 radical (unpaired) electrons. The van der Waals surface area contributed by atoms with E-state index in [1.54, 1.807) is 0 Å². The van der Waals surface area contributed by atoms with E-state index in [-0.39, 0.29) is 23.1 Å². The van der Waals surface area contributed by atoms with E-state index < -0.39 is 17.5 Å². The summed E-state index contributed by atoms with van der Waals surface area (Å²) in [6, 6.07) is 16.2. The summed E-state index contributed by atoms with van der Waals surface area (Å²) in [4.78, 5) is 24.0. The SMILES string of the molecule is O=C(CSCC(=O)Nc1cccc2ccccc12)Nc1ccc(F)cc1F. The van der Waals surface area contributed by atoms with E-state index >= 15 is 0 Å². The molecule has 27 heavy (non-hydrogen) atoms. The van der Waals surface area contributed by atoms with Gasteiger partial charge in [0.05, 0.1) is 17.2 Å². The molecule has 3 aromatic carbocycles. The Morgan fingerprint density at radius 3 is 2.22 bits per heavy atom. The van der Waals surface area contributed by atoms with E-state index in [1.165, 1.54) is 0 Å². The number of amides is 2. The summed E-state index contributed by atoms with van der Waals surface area (Å²) >= 11 is 1.10. The molecule has 0 unspecified atom stereocenters. The largest absolute Gasteiger partial charge is 0.325 e. The standard InChI is InChI=1S/C20H16F2N2O2S/c21-14-8-9-18(16(22)10-14)24-20(26)12-27-11-19(25)23-17-7-3-5-13-4-1-2-6-15(13)17/h1-10H,11-12H2,(H,23,25)(H,24,26). The zero-order chi connectivity index (χ0) is 19.2. The van der Waals surface area contributed by atoms with Gasteiger partial charge in [-0.1, -0.05) is 36.4 Å². The highest BCUT2D eigenvalue weighted by atomic mass is 32.2. The summed E-state index contributed by atoms with van der Waals surface area (Å²) in [5.74, 6) is -2.23. The van der Waals surface area contributed by atoms with Crippen LogP contribution in [0.4, 0.5) is 20.2 Å². The number of nitrogens with one attached hydrogen (secondary N) is 2. The van der Waals surface area contributed by atoms with Crippen LogP contribution in [-0.2, 0) is 9.59 Å². The van der Waals surface area contributed by atoms with Gasteiger partial charge in [0.2, 0.25) is 11.8 Å². The predicted octanol–water partition coefficient (Wildman–Crippen LogP) is 4.43. The Hall–Kier alpha value is -2.93. The number of hydrogen-bond donors (Lipinski definition) is 2. The van der Waals surface area contributed by atoms with Crippen molar-refractivity contribution in [3.05, 3.63) is 72.3 Å². The van der Waals surface area contributed by atoms with Crippen molar-refractivity contribution in [2.24, 2.45) is 0 Å². The van der Waals surface area contributed by atoms with Crippen molar-refractivity contribution in [1.29, 1.82) is 0 Å². The number of carbonyl (C=O) groups excluding carboxylic acids is 2. The van der Waals surface area contributed by atoms with E-state index in [2.05, 4.69) is 10.6 Å². The average Bonchev–Trinajstić information content (AvgIpc) is 2.64. The van der Waals surface area contributed by atoms with Crippen molar-refractivity contribution in [3.63, 3.8) is 0 Å². The number of thioether (sulfide) groups is 1. The highest BCUT2D eigenvalue weighted by Crippen LogP contribution is 2.23. The minimum atomic E-state index is -0.845. The lowest BCUT2D eigenvalue weighted by Gasteiger charge is -2.09. The summed E-state index contributed by atoms with van der Waals surface area (Å²) in [5.41, 5.74) is 0.610. The second kappa shape index (κ2) is 8.64.